The number of aryl methyl sites for hydroxylation is 2. The summed E-state index contributed by atoms with van der Waals surface area (Å²) in [6.07, 6.45) is 3.37. The van der Waals surface area contributed by atoms with Crippen LogP contribution in [0.2, 0.25) is 0 Å². The van der Waals surface area contributed by atoms with Gasteiger partial charge in [-0.3, -0.25) is 0 Å². The molecule has 2 amide bonds. The first-order valence-electron chi connectivity index (χ1n) is 12.4. The molecule has 0 spiro atoms. The third-order valence-corrected chi connectivity index (χ3v) is 6.98. The molecule has 0 fully saturated rings. The Labute approximate surface area is 217 Å². The first-order valence-corrected chi connectivity index (χ1v) is 12.4. The van der Waals surface area contributed by atoms with Gasteiger partial charge in [0, 0.05) is 23.5 Å². The zero-order chi connectivity index (χ0) is 26.2. The van der Waals surface area contributed by atoms with Gasteiger partial charge in [0.15, 0.2) is 0 Å². The van der Waals surface area contributed by atoms with Gasteiger partial charge in [-0.25, -0.2) is 19.7 Å². The summed E-state index contributed by atoms with van der Waals surface area (Å²) in [6, 6.07) is 18.7. The lowest BCUT2D eigenvalue weighted by Gasteiger charge is -2.40. The molecule has 7 heteroatoms. The van der Waals surface area contributed by atoms with E-state index in [-0.39, 0.29) is 5.41 Å². The van der Waals surface area contributed by atoms with E-state index in [0.29, 0.717) is 23.6 Å². The first-order chi connectivity index (χ1) is 17.7. The summed E-state index contributed by atoms with van der Waals surface area (Å²) < 4.78 is 0. The molecule has 1 aliphatic carbocycles. The molecule has 0 saturated heterocycles. The topological polar surface area (TPSA) is 100 Å². The fourth-order valence-corrected chi connectivity index (χ4v) is 5.15. The second kappa shape index (κ2) is 9.75. The first kappa shape index (κ1) is 24.6. The van der Waals surface area contributed by atoms with Crippen molar-refractivity contribution in [2.75, 3.05) is 5.32 Å². The van der Waals surface area contributed by atoms with Crippen LogP contribution in [0.25, 0.3) is 22.5 Å². The Morgan fingerprint density at radius 2 is 1.62 bits per heavy atom. The summed E-state index contributed by atoms with van der Waals surface area (Å²) >= 11 is 0. The molecule has 5 rings (SSSR count). The van der Waals surface area contributed by atoms with Crippen LogP contribution >= 0.6 is 0 Å². The van der Waals surface area contributed by atoms with Crippen molar-refractivity contribution in [2.45, 2.75) is 51.7 Å². The van der Waals surface area contributed by atoms with Gasteiger partial charge in [-0.2, -0.15) is 0 Å². The number of fused-ring (bicyclic) bond motifs is 1. The highest BCUT2D eigenvalue weighted by Gasteiger charge is 2.39. The van der Waals surface area contributed by atoms with Crippen LogP contribution in [0, 0.1) is 13.8 Å². The Bertz CT molecular complexity index is 1430. The number of aromatic nitrogens is 3. The van der Waals surface area contributed by atoms with Crippen molar-refractivity contribution in [3.05, 3.63) is 95.6 Å². The van der Waals surface area contributed by atoms with Crippen molar-refractivity contribution in [3.8, 4) is 22.5 Å². The fourth-order valence-electron chi connectivity index (χ4n) is 5.15. The molecule has 0 unspecified atom stereocenters. The predicted octanol–water partition coefficient (Wildman–Crippen LogP) is 5.73. The minimum atomic E-state index is -0.701. The van der Waals surface area contributed by atoms with Crippen LogP contribution < -0.4 is 10.6 Å². The highest BCUT2D eigenvalue weighted by atomic mass is 16.3. The molecule has 2 aromatic carbocycles. The third kappa shape index (κ3) is 4.95. The molecule has 3 N–H and O–H groups in total. The molecule has 2 heterocycles. The van der Waals surface area contributed by atoms with Crippen LogP contribution in [-0.2, 0) is 5.41 Å². The summed E-state index contributed by atoms with van der Waals surface area (Å²) in [5.41, 5.74) is 6.43. The Hall–Kier alpha value is -4.10. The molecular weight excluding hydrogens is 462 g/mol. The maximum atomic E-state index is 13.3. The number of aliphatic hydroxyl groups is 1. The van der Waals surface area contributed by atoms with Crippen LogP contribution in [0.3, 0.4) is 0 Å². The Kier molecular flexibility index (Phi) is 6.48. The van der Waals surface area contributed by atoms with Crippen LogP contribution in [0.5, 0.6) is 0 Å². The third-order valence-electron chi connectivity index (χ3n) is 6.98. The molecule has 0 saturated carbocycles. The highest BCUT2D eigenvalue weighted by molar-refractivity contribution is 5.94. The molecule has 4 aromatic rings. The van der Waals surface area contributed by atoms with E-state index in [9.17, 15) is 9.90 Å². The second-order valence-corrected chi connectivity index (χ2v) is 10.3. The van der Waals surface area contributed by atoms with Gasteiger partial charge in [-0.1, -0.05) is 68.4 Å². The lowest BCUT2D eigenvalue weighted by molar-refractivity contribution is 0.0883. The summed E-state index contributed by atoms with van der Waals surface area (Å²) in [5.74, 6) is 0.689. The number of anilines is 1. The largest absolute Gasteiger partial charge is 0.391 e. The average Bonchev–Trinajstić information content (AvgIpc) is 2.88. The molecule has 188 valence electrons. The van der Waals surface area contributed by atoms with E-state index >= 15 is 0 Å². The van der Waals surface area contributed by atoms with E-state index in [1.807, 2.05) is 68.4 Å². The van der Waals surface area contributed by atoms with Crippen LogP contribution in [0.4, 0.5) is 10.5 Å². The zero-order valence-corrected chi connectivity index (χ0v) is 21.5. The van der Waals surface area contributed by atoms with Gasteiger partial charge >= 0.3 is 6.03 Å². The number of nitrogens with one attached hydrogen (secondary N) is 2. The highest BCUT2D eigenvalue weighted by Crippen LogP contribution is 2.41. The second-order valence-electron chi connectivity index (χ2n) is 10.3. The van der Waals surface area contributed by atoms with E-state index in [1.54, 1.807) is 12.4 Å². The van der Waals surface area contributed by atoms with Gasteiger partial charge < -0.3 is 15.7 Å². The Morgan fingerprint density at radius 1 is 0.946 bits per heavy atom. The van der Waals surface area contributed by atoms with E-state index in [1.165, 1.54) is 0 Å². The van der Waals surface area contributed by atoms with Gasteiger partial charge in [-0.15, -0.1) is 0 Å². The number of amides is 2. The molecule has 0 bridgehead atoms. The molecular formula is C30H31N5O2. The van der Waals surface area contributed by atoms with Gasteiger partial charge in [0.2, 0.25) is 0 Å². The number of hydrogen-bond donors (Lipinski definition) is 3. The molecule has 37 heavy (non-hydrogen) atoms. The van der Waals surface area contributed by atoms with Crippen LogP contribution in [-0.4, -0.2) is 32.2 Å². The van der Waals surface area contributed by atoms with Crippen molar-refractivity contribution in [1.29, 1.82) is 0 Å². The minimum absolute atomic E-state index is 0.179. The normalized spacial score (nSPS) is 18.1. The van der Waals surface area contributed by atoms with Crippen LogP contribution in [0.1, 0.15) is 48.8 Å². The Balaban J connectivity index is 1.48. The number of aliphatic hydroxyl groups excluding tert-OH is 1. The minimum Gasteiger partial charge on any atom is -0.391 e. The predicted molar refractivity (Wildman–Crippen MR) is 145 cm³/mol. The maximum absolute atomic E-state index is 13.3. The van der Waals surface area contributed by atoms with Gasteiger partial charge in [0.25, 0.3) is 0 Å². The molecule has 1 aliphatic rings. The standard InChI is InChI=1S/C30H31N5O2/c1-18-14-24(27(20-10-6-5-7-11-20)34-26(18)21-16-31-19(2)32-17-21)33-29(37)35-28-22-12-8-9-13-23(22)30(3,4)15-25(28)36/h5-14,16-17,25,28,36H,15H2,1-4H3,(H2,33,35,37)/t25-,28-/m1/s1. The number of nitrogens with zero attached hydrogens (tertiary/aromatic N) is 3. The lowest BCUT2D eigenvalue weighted by atomic mass is 9.70. The molecule has 7 nitrogen and oxygen atoms in total. The van der Waals surface area contributed by atoms with E-state index in [4.69, 9.17) is 4.98 Å². The fraction of sp³-hybridized carbons (Fsp3) is 0.267. The lowest BCUT2D eigenvalue weighted by Crippen LogP contribution is -2.45. The number of carbonyl (C=O) groups is 1. The van der Waals surface area contributed by atoms with Crippen molar-refractivity contribution in [3.63, 3.8) is 0 Å². The number of rotatable bonds is 4. The van der Waals surface area contributed by atoms with Gasteiger partial charge in [-0.05, 0) is 48.4 Å². The molecule has 0 radical (unpaired) electrons. The molecule has 2 atom stereocenters. The van der Waals surface area contributed by atoms with E-state index in [2.05, 4.69) is 40.5 Å². The number of carbonyl (C=O) groups excluding carboxylic acids is 1. The van der Waals surface area contributed by atoms with E-state index in [0.717, 1.165) is 33.5 Å². The molecule has 0 aliphatic heterocycles. The summed E-state index contributed by atoms with van der Waals surface area (Å²) in [5, 5.41) is 17.0. The number of pyridine rings is 1. The van der Waals surface area contributed by atoms with Crippen molar-refractivity contribution < 1.29 is 9.90 Å². The van der Waals surface area contributed by atoms with Crippen molar-refractivity contribution >= 4 is 11.7 Å². The summed E-state index contributed by atoms with van der Waals surface area (Å²) in [7, 11) is 0. The number of hydrogen-bond acceptors (Lipinski definition) is 5. The number of benzene rings is 2. The van der Waals surface area contributed by atoms with Crippen molar-refractivity contribution in [2.24, 2.45) is 0 Å². The van der Waals surface area contributed by atoms with Gasteiger partial charge in [0.05, 0.1) is 29.2 Å². The quantitative estimate of drug-likeness (QED) is 0.337. The van der Waals surface area contributed by atoms with Gasteiger partial charge in [0.1, 0.15) is 5.82 Å². The monoisotopic (exact) mass is 493 g/mol. The number of urea groups is 1. The zero-order valence-electron chi connectivity index (χ0n) is 21.5. The summed E-state index contributed by atoms with van der Waals surface area (Å²) in [6.45, 7) is 8.02. The van der Waals surface area contributed by atoms with Crippen LogP contribution in [0.15, 0.2) is 73.1 Å². The van der Waals surface area contributed by atoms with E-state index < -0.39 is 18.2 Å². The SMILES string of the molecule is Cc1ncc(-c2nc(-c3ccccc3)c(NC(=O)N[C@@H]3c4ccccc4C(C)(C)C[C@H]3O)cc2C)cn1. The summed E-state index contributed by atoms with van der Waals surface area (Å²) in [4.78, 5) is 26.9. The maximum Gasteiger partial charge on any atom is 0.319 e. The van der Waals surface area contributed by atoms with Crippen molar-refractivity contribution in [1.82, 2.24) is 20.3 Å². The average molecular weight is 494 g/mol. The smallest absolute Gasteiger partial charge is 0.319 e. The molecule has 2 aromatic heterocycles. The Morgan fingerprint density at radius 3 is 2.35 bits per heavy atom.